The quantitative estimate of drug-likeness (QED) is 0.518. The molecule has 0 aliphatic heterocycles. The second-order valence-corrected chi connectivity index (χ2v) is 6.76. The molecule has 3 aromatic rings. The molecule has 128 valence electrons. The first-order valence-electron chi connectivity index (χ1n) is 7.33. The molecular formula is C18H12BrCl2NO3. The van der Waals surface area contributed by atoms with Crippen LogP contribution in [0.4, 0.5) is 0 Å². The summed E-state index contributed by atoms with van der Waals surface area (Å²) in [5, 5.41) is 11.3. The zero-order valence-electron chi connectivity index (χ0n) is 12.8. The summed E-state index contributed by atoms with van der Waals surface area (Å²) in [6.45, 7) is 0.481. The second kappa shape index (κ2) is 7.60. The molecule has 3 rings (SSSR count). The van der Waals surface area contributed by atoms with E-state index in [1.807, 2.05) is 24.3 Å². The van der Waals surface area contributed by atoms with Crippen LogP contribution in [0.5, 0.6) is 5.75 Å². The Bertz CT molecular complexity index is 962. The van der Waals surface area contributed by atoms with Crippen molar-refractivity contribution in [2.24, 2.45) is 0 Å². The fraction of sp³-hybridized carbons (Fsp3) is 0.111. The van der Waals surface area contributed by atoms with E-state index in [1.165, 1.54) is 6.07 Å². The van der Waals surface area contributed by atoms with Crippen LogP contribution in [0.3, 0.4) is 0 Å². The zero-order chi connectivity index (χ0) is 18.0. The number of rotatable bonds is 5. The van der Waals surface area contributed by atoms with E-state index in [1.54, 1.807) is 12.1 Å². The largest absolute Gasteiger partial charge is 0.492 e. The van der Waals surface area contributed by atoms with Gasteiger partial charge in [-0.2, -0.15) is 0 Å². The van der Waals surface area contributed by atoms with E-state index in [4.69, 9.17) is 27.9 Å². The molecule has 4 nitrogen and oxygen atoms in total. The highest BCUT2D eigenvalue weighted by molar-refractivity contribution is 9.09. The van der Waals surface area contributed by atoms with E-state index in [0.717, 1.165) is 0 Å². The highest BCUT2D eigenvalue weighted by Crippen LogP contribution is 2.36. The number of para-hydroxylation sites is 1. The number of benzene rings is 2. The molecule has 1 aromatic heterocycles. The van der Waals surface area contributed by atoms with Gasteiger partial charge in [0.15, 0.2) is 0 Å². The van der Waals surface area contributed by atoms with Crippen molar-refractivity contribution >= 4 is 56.0 Å². The average molecular weight is 441 g/mol. The van der Waals surface area contributed by atoms with Crippen LogP contribution in [0.1, 0.15) is 10.4 Å². The minimum atomic E-state index is -1.14. The van der Waals surface area contributed by atoms with Crippen molar-refractivity contribution in [3.63, 3.8) is 0 Å². The normalized spacial score (nSPS) is 10.8. The number of alkyl halides is 1. The third kappa shape index (κ3) is 3.59. The maximum absolute atomic E-state index is 11.6. The van der Waals surface area contributed by atoms with E-state index < -0.39 is 5.97 Å². The predicted molar refractivity (Wildman–Crippen MR) is 103 cm³/mol. The molecule has 0 saturated carbocycles. The highest BCUT2D eigenvalue weighted by Gasteiger charge is 2.19. The molecule has 0 radical (unpaired) electrons. The number of nitrogens with zero attached hydrogens (tertiary/aromatic N) is 1. The van der Waals surface area contributed by atoms with Crippen molar-refractivity contribution in [2.45, 2.75) is 0 Å². The topological polar surface area (TPSA) is 59.4 Å². The Kier molecular flexibility index (Phi) is 5.47. The monoisotopic (exact) mass is 439 g/mol. The van der Waals surface area contributed by atoms with Crippen molar-refractivity contribution in [3.05, 3.63) is 58.1 Å². The van der Waals surface area contributed by atoms with Crippen LogP contribution in [0, 0.1) is 0 Å². The average Bonchev–Trinajstić information content (AvgIpc) is 2.59. The molecule has 0 aliphatic carbocycles. The molecule has 0 atom stereocenters. The number of carboxylic acid groups (broad SMARTS) is 1. The zero-order valence-corrected chi connectivity index (χ0v) is 15.9. The van der Waals surface area contributed by atoms with E-state index >= 15 is 0 Å². The predicted octanol–water partition coefficient (Wildman–Crippen LogP) is 5.68. The molecule has 0 fully saturated rings. The number of carboxylic acids is 1. The van der Waals surface area contributed by atoms with Gasteiger partial charge in [-0.25, -0.2) is 9.78 Å². The molecule has 25 heavy (non-hydrogen) atoms. The Morgan fingerprint density at radius 1 is 1.16 bits per heavy atom. The molecule has 0 amide bonds. The lowest BCUT2D eigenvalue weighted by molar-refractivity contribution is 0.0699. The molecule has 0 bridgehead atoms. The van der Waals surface area contributed by atoms with Crippen LogP contribution in [0.15, 0.2) is 42.5 Å². The van der Waals surface area contributed by atoms with Gasteiger partial charge >= 0.3 is 5.97 Å². The maximum Gasteiger partial charge on any atom is 0.339 e. The summed E-state index contributed by atoms with van der Waals surface area (Å²) < 4.78 is 5.72. The number of carbonyl (C=O) groups is 1. The first kappa shape index (κ1) is 18.0. The van der Waals surface area contributed by atoms with Gasteiger partial charge in [0, 0.05) is 16.3 Å². The van der Waals surface area contributed by atoms with Gasteiger partial charge in [0.1, 0.15) is 11.3 Å². The molecule has 1 heterocycles. The van der Waals surface area contributed by atoms with Crippen molar-refractivity contribution in [2.75, 3.05) is 11.9 Å². The lowest BCUT2D eigenvalue weighted by atomic mass is 10.1. The van der Waals surface area contributed by atoms with Gasteiger partial charge < -0.3 is 9.84 Å². The highest BCUT2D eigenvalue weighted by atomic mass is 79.9. The molecule has 7 heteroatoms. The Hall–Kier alpha value is -1.82. The number of aromatic nitrogens is 1. The van der Waals surface area contributed by atoms with Crippen molar-refractivity contribution in [3.8, 4) is 17.0 Å². The van der Waals surface area contributed by atoms with Crippen molar-refractivity contribution < 1.29 is 14.6 Å². The Balaban J connectivity index is 2.26. The minimum Gasteiger partial charge on any atom is -0.492 e. The summed E-state index contributed by atoms with van der Waals surface area (Å²) in [6, 6.07) is 12.2. The Labute approximate surface area is 162 Å². The van der Waals surface area contributed by atoms with Crippen LogP contribution in [-0.4, -0.2) is 28.0 Å². The fourth-order valence-electron chi connectivity index (χ4n) is 2.52. The van der Waals surface area contributed by atoms with Crippen LogP contribution >= 0.6 is 39.1 Å². The summed E-state index contributed by atoms with van der Waals surface area (Å²) in [6.07, 6.45) is 0. The first-order valence-corrected chi connectivity index (χ1v) is 9.21. The molecule has 2 aromatic carbocycles. The summed E-state index contributed by atoms with van der Waals surface area (Å²) in [5.74, 6) is -0.519. The molecule has 0 saturated heterocycles. The molecular weight excluding hydrogens is 429 g/mol. The van der Waals surface area contributed by atoms with Crippen LogP contribution < -0.4 is 4.74 Å². The first-order chi connectivity index (χ1) is 12.0. The van der Waals surface area contributed by atoms with Gasteiger partial charge in [0.05, 0.1) is 27.9 Å². The van der Waals surface area contributed by atoms with Gasteiger partial charge in [-0.15, -0.1) is 0 Å². The van der Waals surface area contributed by atoms with E-state index in [9.17, 15) is 9.90 Å². The Morgan fingerprint density at radius 3 is 2.64 bits per heavy atom. The number of aromatic carboxylic acids is 1. The third-order valence-electron chi connectivity index (χ3n) is 3.58. The SMILES string of the molecule is O=C(O)c1c(Cl)ccc2cc(Cl)c(-c3ccccc3OCCBr)nc12. The fourth-order valence-corrected chi connectivity index (χ4v) is 3.18. The van der Waals surface area contributed by atoms with Crippen molar-refractivity contribution in [1.82, 2.24) is 4.98 Å². The van der Waals surface area contributed by atoms with Gasteiger partial charge in [0.2, 0.25) is 0 Å². The Morgan fingerprint density at radius 2 is 1.92 bits per heavy atom. The molecule has 0 spiro atoms. The third-order valence-corrected chi connectivity index (χ3v) is 4.51. The molecule has 1 N–H and O–H groups in total. The second-order valence-electron chi connectivity index (χ2n) is 5.15. The lowest BCUT2D eigenvalue weighted by Gasteiger charge is -2.13. The van der Waals surface area contributed by atoms with E-state index in [0.29, 0.717) is 39.4 Å². The summed E-state index contributed by atoms with van der Waals surface area (Å²) in [4.78, 5) is 16.1. The van der Waals surface area contributed by atoms with Crippen LogP contribution in [0.2, 0.25) is 10.0 Å². The number of hydrogen-bond acceptors (Lipinski definition) is 3. The smallest absolute Gasteiger partial charge is 0.339 e. The van der Waals surface area contributed by atoms with E-state index in [2.05, 4.69) is 20.9 Å². The minimum absolute atomic E-state index is 0.0454. The number of fused-ring (bicyclic) bond motifs is 1. The summed E-state index contributed by atoms with van der Waals surface area (Å²) in [5.41, 5.74) is 1.38. The lowest BCUT2D eigenvalue weighted by Crippen LogP contribution is -2.03. The summed E-state index contributed by atoms with van der Waals surface area (Å²) in [7, 11) is 0. The van der Waals surface area contributed by atoms with Crippen LogP contribution in [-0.2, 0) is 0 Å². The number of ether oxygens (including phenoxy) is 1. The number of pyridine rings is 1. The van der Waals surface area contributed by atoms with Crippen molar-refractivity contribution in [1.29, 1.82) is 0 Å². The molecule has 0 unspecified atom stereocenters. The number of hydrogen-bond donors (Lipinski definition) is 1. The standard InChI is InChI=1S/C18H12BrCl2NO3/c19-7-8-25-14-4-2-1-3-11(14)17-13(21)9-10-5-6-12(20)15(18(23)24)16(10)22-17/h1-6,9H,7-8H2,(H,23,24). The van der Waals surface area contributed by atoms with Gasteiger partial charge in [-0.05, 0) is 24.3 Å². The summed E-state index contributed by atoms with van der Waals surface area (Å²) >= 11 is 15.8. The van der Waals surface area contributed by atoms with E-state index in [-0.39, 0.29) is 16.1 Å². The van der Waals surface area contributed by atoms with Gasteiger partial charge in [-0.3, -0.25) is 0 Å². The number of halogens is 3. The van der Waals surface area contributed by atoms with Gasteiger partial charge in [-0.1, -0.05) is 57.3 Å². The van der Waals surface area contributed by atoms with Gasteiger partial charge in [0.25, 0.3) is 0 Å². The van der Waals surface area contributed by atoms with Crippen LogP contribution in [0.25, 0.3) is 22.2 Å². The maximum atomic E-state index is 11.6. The molecule has 0 aliphatic rings.